The highest BCUT2D eigenvalue weighted by atomic mass is 16.5. The van der Waals surface area contributed by atoms with E-state index in [0.717, 1.165) is 26.0 Å². The van der Waals surface area contributed by atoms with Gasteiger partial charge in [0, 0.05) is 19.7 Å². The number of hydrogen-bond acceptors (Lipinski definition) is 3. The van der Waals surface area contributed by atoms with Gasteiger partial charge in [-0.15, -0.1) is 0 Å². The second-order valence-corrected chi connectivity index (χ2v) is 3.99. The molecule has 0 bridgehead atoms. The first kappa shape index (κ1) is 13.0. The van der Waals surface area contributed by atoms with Gasteiger partial charge < -0.3 is 15.2 Å². The molecule has 1 rings (SSSR count). The van der Waals surface area contributed by atoms with Crippen molar-refractivity contribution in [3.05, 3.63) is 29.8 Å². The summed E-state index contributed by atoms with van der Waals surface area (Å²) in [6.07, 6.45) is 2.27. The lowest BCUT2D eigenvalue weighted by Crippen LogP contribution is -2.32. The van der Waals surface area contributed by atoms with Crippen molar-refractivity contribution < 1.29 is 9.84 Å². The van der Waals surface area contributed by atoms with Gasteiger partial charge in [0.05, 0.1) is 6.61 Å². The monoisotopic (exact) mass is 223 g/mol. The molecule has 0 saturated heterocycles. The van der Waals surface area contributed by atoms with Gasteiger partial charge in [-0.2, -0.15) is 0 Å². The van der Waals surface area contributed by atoms with E-state index in [1.54, 1.807) is 19.2 Å². The molecule has 1 atom stereocenters. The summed E-state index contributed by atoms with van der Waals surface area (Å²) in [7, 11) is 1.73. The van der Waals surface area contributed by atoms with Crippen LogP contribution >= 0.6 is 0 Å². The van der Waals surface area contributed by atoms with Gasteiger partial charge in [0.2, 0.25) is 0 Å². The van der Waals surface area contributed by atoms with Gasteiger partial charge in [-0.25, -0.2) is 0 Å². The van der Waals surface area contributed by atoms with Crippen LogP contribution in [0.5, 0.6) is 5.75 Å². The number of ether oxygens (including phenoxy) is 1. The summed E-state index contributed by atoms with van der Waals surface area (Å²) in [5, 5.41) is 12.6. The van der Waals surface area contributed by atoms with Gasteiger partial charge in [0.25, 0.3) is 0 Å². The summed E-state index contributed by atoms with van der Waals surface area (Å²) in [5.41, 5.74) is 1.18. The lowest BCUT2D eigenvalue weighted by atomic mass is 10.1. The second kappa shape index (κ2) is 7.25. The molecule has 0 radical (unpaired) electrons. The van der Waals surface area contributed by atoms with Gasteiger partial charge in [0.15, 0.2) is 0 Å². The van der Waals surface area contributed by atoms with Crippen LogP contribution in [0.15, 0.2) is 24.3 Å². The Labute approximate surface area is 97.4 Å². The summed E-state index contributed by atoms with van der Waals surface area (Å²) in [6.45, 7) is 3.73. The summed E-state index contributed by atoms with van der Waals surface area (Å²) >= 11 is 0. The molecule has 0 fully saturated rings. The SMILES string of the molecule is CCCC(COC)NCc1ccc(O)cc1. The Morgan fingerprint density at radius 1 is 1.31 bits per heavy atom. The first-order valence-electron chi connectivity index (χ1n) is 5.76. The molecule has 16 heavy (non-hydrogen) atoms. The van der Waals surface area contributed by atoms with E-state index in [0.29, 0.717) is 11.8 Å². The van der Waals surface area contributed by atoms with E-state index in [4.69, 9.17) is 9.84 Å². The molecule has 0 aliphatic rings. The molecular weight excluding hydrogens is 202 g/mol. The Hall–Kier alpha value is -1.06. The maximum atomic E-state index is 9.16. The third-order valence-corrected chi connectivity index (χ3v) is 2.54. The molecule has 0 aliphatic carbocycles. The first-order chi connectivity index (χ1) is 7.76. The average molecular weight is 223 g/mol. The van der Waals surface area contributed by atoms with Crippen molar-refractivity contribution in [2.24, 2.45) is 0 Å². The highest BCUT2D eigenvalue weighted by molar-refractivity contribution is 5.25. The van der Waals surface area contributed by atoms with Crippen molar-refractivity contribution in [1.82, 2.24) is 5.32 Å². The number of phenolic OH excluding ortho intramolecular Hbond substituents is 1. The van der Waals surface area contributed by atoms with Gasteiger partial charge in [-0.05, 0) is 24.1 Å². The molecule has 0 amide bonds. The topological polar surface area (TPSA) is 41.5 Å². The fraction of sp³-hybridized carbons (Fsp3) is 0.538. The maximum absolute atomic E-state index is 9.16. The minimum absolute atomic E-state index is 0.311. The zero-order valence-electron chi connectivity index (χ0n) is 10.1. The van der Waals surface area contributed by atoms with Crippen LogP contribution in [-0.2, 0) is 11.3 Å². The van der Waals surface area contributed by atoms with Crippen molar-refractivity contribution in [2.45, 2.75) is 32.4 Å². The Bertz CT molecular complexity index is 278. The van der Waals surface area contributed by atoms with Crippen LogP contribution in [0.2, 0.25) is 0 Å². The predicted molar refractivity (Wildman–Crippen MR) is 65.5 cm³/mol. The van der Waals surface area contributed by atoms with Crippen molar-refractivity contribution in [3.63, 3.8) is 0 Å². The smallest absolute Gasteiger partial charge is 0.115 e. The number of nitrogens with one attached hydrogen (secondary N) is 1. The molecule has 0 heterocycles. The molecule has 3 heteroatoms. The van der Waals surface area contributed by atoms with E-state index in [2.05, 4.69) is 12.2 Å². The first-order valence-corrected chi connectivity index (χ1v) is 5.76. The van der Waals surface area contributed by atoms with Crippen LogP contribution in [0.4, 0.5) is 0 Å². The fourth-order valence-electron chi connectivity index (χ4n) is 1.67. The van der Waals surface area contributed by atoms with Crippen LogP contribution in [0, 0.1) is 0 Å². The van der Waals surface area contributed by atoms with Crippen molar-refractivity contribution in [3.8, 4) is 5.75 Å². The number of methoxy groups -OCH3 is 1. The van der Waals surface area contributed by atoms with E-state index in [9.17, 15) is 0 Å². The molecule has 1 aromatic rings. The Morgan fingerprint density at radius 2 is 2.00 bits per heavy atom. The van der Waals surface area contributed by atoms with Crippen LogP contribution in [0.1, 0.15) is 25.3 Å². The van der Waals surface area contributed by atoms with Gasteiger partial charge in [-0.1, -0.05) is 25.5 Å². The summed E-state index contributed by atoms with van der Waals surface area (Å²) in [4.78, 5) is 0. The number of rotatable bonds is 7. The largest absolute Gasteiger partial charge is 0.508 e. The van der Waals surface area contributed by atoms with Gasteiger partial charge in [-0.3, -0.25) is 0 Å². The molecule has 0 aliphatic heterocycles. The molecule has 1 unspecified atom stereocenters. The minimum Gasteiger partial charge on any atom is -0.508 e. The van der Waals surface area contributed by atoms with Crippen LogP contribution in [-0.4, -0.2) is 24.9 Å². The fourth-order valence-corrected chi connectivity index (χ4v) is 1.67. The average Bonchev–Trinajstić information content (AvgIpc) is 2.29. The molecule has 90 valence electrons. The third kappa shape index (κ3) is 4.64. The van der Waals surface area contributed by atoms with Gasteiger partial charge in [0.1, 0.15) is 5.75 Å². The zero-order chi connectivity index (χ0) is 11.8. The summed E-state index contributed by atoms with van der Waals surface area (Å²) in [5.74, 6) is 0.311. The van der Waals surface area contributed by atoms with E-state index >= 15 is 0 Å². The number of benzene rings is 1. The van der Waals surface area contributed by atoms with Crippen molar-refractivity contribution in [2.75, 3.05) is 13.7 Å². The maximum Gasteiger partial charge on any atom is 0.115 e. The summed E-state index contributed by atoms with van der Waals surface area (Å²) < 4.78 is 5.16. The number of aromatic hydroxyl groups is 1. The molecule has 1 aromatic carbocycles. The number of hydrogen-bond donors (Lipinski definition) is 2. The van der Waals surface area contributed by atoms with Crippen LogP contribution < -0.4 is 5.32 Å². The zero-order valence-corrected chi connectivity index (χ0v) is 10.1. The quantitative estimate of drug-likeness (QED) is 0.745. The Balaban J connectivity index is 2.38. The Kier molecular flexibility index (Phi) is 5.90. The summed E-state index contributed by atoms with van der Waals surface area (Å²) in [6, 6.07) is 7.68. The standard InChI is InChI=1S/C13H21NO2/c1-3-4-12(10-16-2)14-9-11-5-7-13(15)8-6-11/h5-8,12,14-15H,3-4,9-10H2,1-2H3. The molecular formula is C13H21NO2. The molecule has 0 spiro atoms. The molecule has 3 nitrogen and oxygen atoms in total. The van der Waals surface area contributed by atoms with E-state index < -0.39 is 0 Å². The number of phenols is 1. The third-order valence-electron chi connectivity index (χ3n) is 2.54. The molecule has 0 aromatic heterocycles. The predicted octanol–water partition coefficient (Wildman–Crippen LogP) is 2.30. The Morgan fingerprint density at radius 3 is 2.56 bits per heavy atom. The minimum atomic E-state index is 0.311. The van der Waals surface area contributed by atoms with Crippen molar-refractivity contribution in [1.29, 1.82) is 0 Å². The van der Waals surface area contributed by atoms with E-state index in [1.807, 2.05) is 12.1 Å². The van der Waals surface area contributed by atoms with Crippen LogP contribution in [0.25, 0.3) is 0 Å². The van der Waals surface area contributed by atoms with Gasteiger partial charge >= 0.3 is 0 Å². The lowest BCUT2D eigenvalue weighted by Gasteiger charge is -2.17. The highest BCUT2D eigenvalue weighted by Gasteiger charge is 2.06. The normalized spacial score (nSPS) is 12.6. The van der Waals surface area contributed by atoms with E-state index in [1.165, 1.54) is 5.56 Å². The van der Waals surface area contributed by atoms with Crippen LogP contribution in [0.3, 0.4) is 0 Å². The molecule has 2 N–H and O–H groups in total. The lowest BCUT2D eigenvalue weighted by molar-refractivity contribution is 0.161. The molecule has 0 saturated carbocycles. The van der Waals surface area contributed by atoms with Crippen molar-refractivity contribution >= 4 is 0 Å². The highest BCUT2D eigenvalue weighted by Crippen LogP contribution is 2.09. The van der Waals surface area contributed by atoms with E-state index in [-0.39, 0.29) is 0 Å². The second-order valence-electron chi connectivity index (χ2n) is 3.99.